The first-order valence-corrected chi connectivity index (χ1v) is 12.8. The van der Waals surface area contributed by atoms with Gasteiger partial charge in [0.2, 0.25) is 0 Å². The lowest BCUT2D eigenvalue weighted by atomic mass is 9.65. The lowest BCUT2D eigenvalue weighted by molar-refractivity contribution is -0.126. The van der Waals surface area contributed by atoms with E-state index >= 15 is 0 Å². The van der Waals surface area contributed by atoms with Crippen molar-refractivity contribution in [2.45, 2.75) is 49.4 Å². The van der Waals surface area contributed by atoms with Crippen LogP contribution in [0.15, 0.2) is 36.4 Å². The van der Waals surface area contributed by atoms with Crippen molar-refractivity contribution >= 4 is 23.2 Å². The molecule has 190 valence electrons. The SMILES string of the molecule is O=C(COCCOCC(=O)N1CC2(CCC2)c2c(F)cccc21)N1CC2(CCC2)c2c(F)cccc21. The Kier molecular flexibility index (Phi) is 5.84. The average molecular weight is 497 g/mol. The molecule has 2 heterocycles. The second-order valence-electron chi connectivity index (χ2n) is 10.6. The number of rotatable bonds is 7. The summed E-state index contributed by atoms with van der Waals surface area (Å²) >= 11 is 0. The van der Waals surface area contributed by atoms with Crippen LogP contribution in [0.4, 0.5) is 20.2 Å². The topological polar surface area (TPSA) is 59.1 Å². The zero-order valence-electron chi connectivity index (χ0n) is 20.2. The van der Waals surface area contributed by atoms with E-state index in [4.69, 9.17) is 9.47 Å². The predicted molar refractivity (Wildman–Crippen MR) is 130 cm³/mol. The molecule has 2 saturated carbocycles. The highest BCUT2D eigenvalue weighted by atomic mass is 19.1. The van der Waals surface area contributed by atoms with Gasteiger partial charge in [-0.2, -0.15) is 0 Å². The van der Waals surface area contributed by atoms with E-state index in [1.807, 2.05) is 0 Å². The van der Waals surface area contributed by atoms with Gasteiger partial charge < -0.3 is 19.3 Å². The number of carbonyl (C=O) groups excluding carboxylic acids is 2. The average Bonchev–Trinajstić information content (AvgIpc) is 3.37. The van der Waals surface area contributed by atoms with Gasteiger partial charge in [-0.1, -0.05) is 25.0 Å². The zero-order chi connectivity index (χ0) is 24.9. The molecule has 0 bridgehead atoms. The van der Waals surface area contributed by atoms with Gasteiger partial charge in [-0.25, -0.2) is 8.78 Å². The number of ether oxygens (including phenoxy) is 2. The van der Waals surface area contributed by atoms with Crippen LogP contribution in [-0.4, -0.2) is 51.3 Å². The minimum Gasteiger partial charge on any atom is -0.369 e. The van der Waals surface area contributed by atoms with Gasteiger partial charge in [-0.3, -0.25) is 9.59 Å². The molecule has 36 heavy (non-hydrogen) atoms. The van der Waals surface area contributed by atoms with Crippen molar-refractivity contribution in [3.8, 4) is 0 Å². The van der Waals surface area contributed by atoms with E-state index in [1.54, 1.807) is 34.1 Å². The van der Waals surface area contributed by atoms with Crippen LogP contribution in [0, 0.1) is 11.6 Å². The monoisotopic (exact) mass is 496 g/mol. The number of nitrogens with zero attached hydrogens (tertiary/aromatic N) is 2. The van der Waals surface area contributed by atoms with Gasteiger partial charge in [0.15, 0.2) is 0 Å². The Bertz CT molecular complexity index is 1110. The molecule has 2 aliphatic carbocycles. The highest BCUT2D eigenvalue weighted by Crippen LogP contribution is 2.54. The van der Waals surface area contributed by atoms with Crippen molar-refractivity contribution in [2.75, 3.05) is 49.3 Å². The fourth-order valence-corrected chi connectivity index (χ4v) is 6.52. The van der Waals surface area contributed by atoms with Crippen LogP contribution in [0.25, 0.3) is 0 Å². The third-order valence-corrected chi connectivity index (χ3v) is 8.59. The van der Waals surface area contributed by atoms with Crippen molar-refractivity contribution in [3.63, 3.8) is 0 Å². The molecule has 2 aromatic rings. The lowest BCUT2D eigenvalue weighted by Gasteiger charge is -2.39. The third kappa shape index (κ3) is 3.65. The summed E-state index contributed by atoms with van der Waals surface area (Å²) in [5, 5.41) is 0. The Labute approximate surface area is 209 Å². The van der Waals surface area contributed by atoms with E-state index in [0.29, 0.717) is 35.6 Å². The van der Waals surface area contributed by atoms with Crippen LogP contribution in [0.5, 0.6) is 0 Å². The number of carbonyl (C=O) groups is 2. The number of hydrogen-bond donors (Lipinski definition) is 0. The number of amides is 2. The molecule has 6 nitrogen and oxygen atoms in total. The van der Waals surface area contributed by atoms with Gasteiger partial charge in [0.25, 0.3) is 11.8 Å². The quantitative estimate of drug-likeness (QED) is 0.539. The smallest absolute Gasteiger partial charge is 0.253 e. The van der Waals surface area contributed by atoms with Gasteiger partial charge >= 0.3 is 0 Å². The Morgan fingerprint density at radius 3 is 1.50 bits per heavy atom. The Morgan fingerprint density at radius 2 is 1.14 bits per heavy atom. The first kappa shape index (κ1) is 23.6. The number of hydrogen-bond acceptors (Lipinski definition) is 4. The predicted octanol–water partition coefficient (Wildman–Crippen LogP) is 4.23. The third-order valence-electron chi connectivity index (χ3n) is 8.59. The zero-order valence-corrected chi connectivity index (χ0v) is 20.2. The van der Waals surface area contributed by atoms with Crippen LogP contribution in [0.1, 0.15) is 49.7 Å². The second-order valence-corrected chi connectivity index (χ2v) is 10.6. The van der Waals surface area contributed by atoms with Crippen molar-refractivity contribution in [1.82, 2.24) is 0 Å². The summed E-state index contributed by atoms with van der Waals surface area (Å²) in [6, 6.07) is 9.80. The second kappa shape index (κ2) is 8.92. The van der Waals surface area contributed by atoms with Crippen LogP contribution < -0.4 is 9.80 Å². The molecule has 2 fully saturated rings. The fraction of sp³-hybridized carbons (Fsp3) is 0.500. The number of halogens is 2. The molecular formula is C28H30F2N2O4. The first-order chi connectivity index (χ1) is 17.4. The van der Waals surface area contributed by atoms with E-state index in [-0.39, 0.29) is 60.7 Å². The number of benzene rings is 2. The van der Waals surface area contributed by atoms with E-state index in [0.717, 1.165) is 38.5 Å². The molecule has 0 atom stereocenters. The summed E-state index contributed by atoms with van der Waals surface area (Å²) < 4.78 is 40.1. The summed E-state index contributed by atoms with van der Waals surface area (Å²) in [7, 11) is 0. The van der Waals surface area contributed by atoms with Gasteiger partial charge in [-0.15, -0.1) is 0 Å². The maximum Gasteiger partial charge on any atom is 0.253 e. The molecule has 0 radical (unpaired) electrons. The lowest BCUT2D eigenvalue weighted by Crippen LogP contribution is -2.43. The maximum absolute atomic E-state index is 14.5. The molecule has 2 aliphatic heterocycles. The molecule has 0 N–H and O–H groups in total. The van der Waals surface area contributed by atoms with Gasteiger partial charge in [-0.05, 0) is 49.9 Å². The van der Waals surface area contributed by atoms with Crippen LogP contribution >= 0.6 is 0 Å². The summed E-state index contributed by atoms with van der Waals surface area (Å²) in [6.07, 6.45) is 5.65. The molecule has 2 aromatic carbocycles. The van der Waals surface area contributed by atoms with Gasteiger partial charge in [0.05, 0.1) is 24.6 Å². The highest BCUT2D eigenvalue weighted by molar-refractivity contribution is 5.98. The van der Waals surface area contributed by atoms with E-state index in [2.05, 4.69) is 0 Å². The minimum absolute atomic E-state index is 0.134. The minimum atomic E-state index is -0.255. The summed E-state index contributed by atoms with van der Waals surface area (Å²) in [5.41, 5.74) is 2.12. The van der Waals surface area contributed by atoms with E-state index in [9.17, 15) is 18.4 Å². The summed E-state index contributed by atoms with van der Waals surface area (Å²) in [6.45, 7) is 1.04. The Balaban J connectivity index is 0.979. The molecule has 2 spiro atoms. The highest BCUT2D eigenvalue weighted by Gasteiger charge is 2.51. The van der Waals surface area contributed by atoms with Crippen molar-refractivity contribution < 1.29 is 27.8 Å². The maximum atomic E-state index is 14.5. The van der Waals surface area contributed by atoms with E-state index in [1.165, 1.54) is 12.1 Å². The van der Waals surface area contributed by atoms with Gasteiger partial charge in [0.1, 0.15) is 24.8 Å². The Hall–Kier alpha value is -2.84. The first-order valence-electron chi connectivity index (χ1n) is 12.8. The standard InChI is InChI=1S/C28H30F2N2O4/c29-19-5-1-7-21-25(19)27(9-3-10-27)17-31(21)23(33)15-35-13-14-36-16-24(34)32-18-28(11-4-12-28)26-20(30)6-2-8-22(26)32/h1-2,5-8H,3-4,9-18H2. The largest absolute Gasteiger partial charge is 0.369 e. The Morgan fingerprint density at radius 1 is 0.722 bits per heavy atom. The van der Waals surface area contributed by atoms with Gasteiger partial charge in [0, 0.05) is 35.0 Å². The number of anilines is 2. The van der Waals surface area contributed by atoms with Crippen LogP contribution in [-0.2, 0) is 29.9 Å². The normalized spacial score (nSPS) is 20.3. The molecule has 0 aromatic heterocycles. The molecule has 0 unspecified atom stereocenters. The van der Waals surface area contributed by atoms with Crippen molar-refractivity contribution in [2.24, 2.45) is 0 Å². The molecule has 0 saturated heterocycles. The van der Waals surface area contributed by atoms with E-state index < -0.39 is 0 Å². The van der Waals surface area contributed by atoms with Crippen LogP contribution in [0.3, 0.4) is 0 Å². The van der Waals surface area contributed by atoms with Crippen LogP contribution in [0.2, 0.25) is 0 Å². The van der Waals surface area contributed by atoms with Crippen molar-refractivity contribution in [1.29, 1.82) is 0 Å². The number of fused-ring (bicyclic) bond motifs is 4. The molecule has 8 heteroatoms. The molecular weight excluding hydrogens is 466 g/mol. The van der Waals surface area contributed by atoms with Crippen molar-refractivity contribution in [3.05, 3.63) is 59.2 Å². The summed E-state index contributed by atoms with van der Waals surface area (Å²) in [5.74, 6) is -0.896. The molecule has 6 rings (SSSR count). The fourth-order valence-electron chi connectivity index (χ4n) is 6.52. The summed E-state index contributed by atoms with van der Waals surface area (Å²) in [4.78, 5) is 29.0. The molecule has 2 amide bonds. The molecule has 4 aliphatic rings.